The number of benzene rings is 3. The summed E-state index contributed by atoms with van der Waals surface area (Å²) in [6.07, 6.45) is 1.76. The maximum absolute atomic E-state index is 13.1. The van der Waals surface area contributed by atoms with Gasteiger partial charge < -0.3 is 14.6 Å². The summed E-state index contributed by atoms with van der Waals surface area (Å²) in [5.41, 5.74) is 2.21. The van der Waals surface area contributed by atoms with E-state index in [-0.39, 0.29) is 23.8 Å². The van der Waals surface area contributed by atoms with Gasteiger partial charge in [0.05, 0.1) is 31.8 Å². The second kappa shape index (κ2) is 12.3. The van der Waals surface area contributed by atoms with E-state index in [1.54, 1.807) is 41.3 Å². The smallest absolute Gasteiger partial charge is 0.335 e. The molecule has 200 valence electrons. The molecule has 4 rings (SSSR count). The first-order valence-electron chi connectivity index (χ1n) is 11.6. The Morgan fingerprint density at radius 1 is 1.18 bits per heavy atom. The number of thioether (sulfide) groups is 1. The summed E-state index contributed by atoms with van der Waals surface area (Å²) < 4.78 is 12.3. The van der Waals surface area contributed by atoms with Gasteiger partial charge in [-0.15, -0.1) is 0 Å². The Morgan fingerprint density at radius 2 is 1.87 bits per heavy atom. The minimum Gasteiger partial charge on any atom is -0.493 e. The van der Waals surface area contributed by atoms with Crippen LogP contribution < -0.4 is 9.47 Å². The van der Waals surface area contributed by atoms with E-state index in [4.69, 9.17) is 14.6 Å². The third-order valence-corrected chi connectivity index (χ3v) is 7.43. The minimum absolute atomic E-state index is 0.00793. The molecule has 1 saturated heterocycles. The van der Waals surface area contributed by atoms with Crippen molar-refractivity contribution in [1.29, 1.82) is 0 Å². The molecule has 1 fully saturated rings. The Bertz CT molecular complexity index is 1490. The number of carboxylic acids is 1. The van der Waals surface area contributed by atoms with Crippen molar-refractivity contribution in [3.05, 3.63) is 95.9 Å². The molecule has 0 aliphatic carbocycles. The summed E-state index contributed by atoms with van der Waals surface area (Å²) in [5, 5.41) is 20.5. The highest BCUT2D eigenvalue weighted by Gasteiger charge is 2.32. The first kappa shape index (κ1) is 28.1. The van der Waals surface area contributed by atoms with Gasteiger partial charge in [-0.3, -0.25) is 19.8 Å². The summed E-state index contributed by atoms with van der Waals surface area (Å²) in [6, 6.07) is 15.9. The van der Waals surface area contributed by atoms with E-state index in [1.165, 1.54) is 43.1 Å². The molecule has 0 bridgehead atoms. The fourth-order valence-corrected chi connectivity index (χ4v) is 5.49. The highest BCUT2D eigenvalue weighted by atomic mass is 127. The van der Waals surface area contributed by atoms with Crippen molar-refractivity contribution in [2.75, 3.05) is 13.7 Å². The molecule has 39 heavy (non-hydrogen) atoms. The SMILES string of the molecule is CCN1C(=O)C(=Cc2cc(I)c(OCc3ccc([N+](=O)[O-])cc3)c(OC)c2)SC1=Nc1ccc(C(=O)O)cc1. The van der Waals surface area contributed by atoms with Crippen LogP contribution >= 0.6 is 34.4 Å². The molecular weight excluding hydrogens is 637 g/mol. The number of ether oxygens (including phenoxy) is 2. The number of halogens is 1. The zero-order valence-corrected chi connectivity index (χ0v) is 23.8. The van der Waals surface area contributed by atoms with Crippen molar-refractivity contribution in [2.45, 2.75) is 13.5 Å². The van der Waals surface area contributed by atoms with E-state index in [2.05, 4.69) is 27.6 Å². The number of nitrogens with zero attached hydrogens (tertiary/aromatic N) is 3. The summed E-state index contributed by atoms with van der Waals surface area (Å²) in [5.74, 6) is -0.208. The molecule has 1 aliphatic heterocycles. The van der Waals surface area contributed by atoms with Crippen molar-refractivity contribution in [1.82, 2.24) is 4.90 Å². The molecule has 1 heterocycles. The lowest BCUT2D eigenvalue weighted by molar-refractivity contribution is -0.384. The van der Waals surface area contributed by atoms with E-state index >= 15 is 0 Å². The molecule has 1 aliphatic rings. The Labute approximate surface area is 241 Å². The lowest BCUT2D eigenvalue weighted by Crippen LogP contribution is -2.28. The molecule has 12 heteroatoms. The second-order valence-electron chi connectivity index (χ2n) is 8.15. The third-order valence-electron chi connectivity index (χ3n) is 5.62. The molecular formula is C27H22IN3O7S. The molecule has 0 saturated carbocycles. The Balaban J connectivity index is 1.55. The number of carbonyl (C=O) groups is 2. The fourth-order valence-electron chi connectivity index (χ4n) is 3.64. The van der Waals surface area contributed by atoms with E-state index in [9.17, 15) is 19.7 Å². The maximum atomic E-state index is 13.1. The normalized spacial score (nSPS) is 15.2. The summed E-state index contributed by atoms with van der Waals surface area (Å²) >= 11 is 3.36. The molecule has 10 nitrogen and oxygen atoms in total. The number of methoxy groups -OCH3 is 1. The van der Waals surface area contributed by atoms with Crippen molar-refractivity contribution in [2.24, 2.45) is 4.99 Å². The van der Waals surface area contributed by atoms with Gasteiger partial charge in [-0.05, 0) is 107 Å². The molecule has 0 unspecified atom stereocenters. The topological polar surface area (TPSA) is 132 Å². The molecule has 0 aromatic heterocycles. The van der Waals surface area contributed by atoms with Crippen LogP contribution in [0, 0.1) is 13.7 Å². The van der Waals surface area contributed by atoms with E-state index in [0.717, 1.165) is 14.7 Å². The number of nitro benzene ring substituents is 1. The minimum atomic E-state index is -1.02. The molecule has 0 spiro atoms. The van der Waals surface area contributed by atoms with Crippen LogP contribution in [0.1, 0.15) is 28.4 Å². The van der Waals surface area contributed by atoms with Crippen LogP contribution in [0.5, 0.6) is 11.5 Å². The number of aromatic carboxylic acids is 1. The van der Waals surface area contributed by atoms with Crippen LogP contribution in [0.2, 0.25) is 0 Å². The third kappa shape index (κ3) is 6.57. The molecule has 0 radical (unpaired) electrons. The van der Waals surface area contributed by atoms with Gasteiger partial charge in [-0.2, -0.15) is 0 Å². The monoisotopic (exact) mass is 659 g/mol. The molecule has 1 N–H and O–H groups in total. The predicted octanol–water partition coefficient (Wildman–Crippen LogP) is 6.11. The number of hydrogen-bond donors (Lipinski definition) is 1. The standard InChI is InChI=1S/C27H22IN3O7S/c1-3-30-25(32)23(39-27(30)29-19-8-6-18(7-9-19)26(33)34)14-17-12-21(28)24(22(13-17)37-2)38-15-16-4-10-20(11-5-16)31(35)36/h4-14H,3,15H2,1-2H3,(H,33,34). The Morgan fingerprint density at radius 3 is 2.46 bits per heavy atom. The molecule has 1 amide bonds. The molecule has 0 atom stereocenters. The quantitative estimate of drug-likeness (QED) is 0.126. The molecule has 3 aromatic rings. The lowest BCUT2D eigenvalue weighted by atomic mass is 10.1. The zero-order valence-electron chi connectivity index (χ0n) is 20.8. The largest absolute Gasteiger partial charge is 0.493 e. The highest BCUT2D eigenvalue weighted by Crippen LogP contribution is 2.38. The van der Waals surface area contributed by atoms with Gasteiger partial charge in [-0.25, -0.2) is 9.79 Å². The summed E-state index contributed by atoms with van der Waals surface area (Å²) in [4.78, 5) is 41.2. The van der Waals surface area contributed by atoms with E-state index in [0.29, 0.717) is 33.8 Å². The van der Waals surface area contributed by atoms with Gasteiger partial charge in [0.25, 0.3) is 11.6 Å². The van der Waals surface area contributed by atoms with Crippen molar-refractivity contribution in [3.63, 3.8) is 0 Å². The number of hydrogen-bond acceptors (Lipinski definition) is 8. The highest BCUT2D eigenvalue weighted by molar-refractivity contribution is 14.1. The first-order valence-corrected chi connectivity index (χ1v) is 13.5. The van der Waals surface area contributed by atoms with Crippen LogP contribution in [0.4, 0.5) is 11.4 Å². The van der Waals surface area contributed by atoms with Gasteiger partial charge in [0.2, 0.25) is 0 Å². The van der Waals surface area contributed by atoms with Gasteiger partial charge in [-0.1, -0.05) is 0 Å². The Hall–Kier alpha value is -3.91. The first-order chi connectivity index (χ1) is 18.7. The number of amidine groups is 1. The van der Waals surface area contributed by atoms with Crippen molar-refractivity contribution >= 4 is 68.8 Å². The van der Waals surface area contributed by atoms with Crippen molar-refractivity contribution in [3.8, 4) is 11.5 Å². The Kier molecular flexibility index (Phi) is 8.86. The van der Waals surface area contributed by atoms with Crippen LogP contribution in [-0.2, 0) is 11.4 Å². The number of nitro groups is 1. The van der Waals surface area contributed by atoms with Crippen LogP contribution in [0.3, 0.4) is 0 Å². The fraction of sp³-hybridized carbons (Fsp3) is 0.148. The average Bonchev–Trinajstić information content (AvgIpc) is 3.21. The number of rotatable bonds is 9. The zero-order chi connectivity index (χ0) is 28.1. The van der Waals surface area contributed by atoms with Gasteiger partial charge in [0.15, 0.2) is 16.7 Å². The number of likely N-dealkylation sites (N-methyl/N-ethyl adjacent to an activating group) is 1. The number of non-ortho nitro benzene ring substituents is 1. The van der Waals surface area contributed by atoms with E-state index in [1.807, 2.05) is 13.0 Å². The predicted molar refractivity (Wildman–Crippen MR) is 157 cm³/mol. The van der Waals surface area contributed by atoms with Crippen LogP contribution in [-0.4, -0.2) is 45.6 Å². The molecule has 3 aromatic carbocycles. The lowest BCUT2D eigenvalue weighted by Gasteiger charge is -2.14. The van der Waals surface area contributed by atoms with Crippen LogP contribution in [0.15, 0.2) is 70.6 Å². The van der Waals surface area contributed by atoms with Crippen molar-refractivity contribution < 1.29 is 29.1 Å². The van der Waals surface area contributed by atoms with Crippen LogP contribution in [0.25, 0.3) is 6.08 Å². The van der Waals surface area contributed by atoms with E-state index < -0.39 is 10.9 Å². The number of amides is 1. The number of carbonyl (C=O) groups excluding carboxylic acids is 1. The maximum Gasteiger partial charge on any atom is 0.335 e. The van der Waals surface area contributed by atoms with Gasteiger partial charge >= 0.3 is 5.97 Å². The summed E-state index contributed by atoms with van der Waals surface area (Å²) in [7, 11) is 1.52. The second-order valence-corrected chi connectivity index (χ2v) is 10.3. The number of carboxylic acid groups (broad SMARTS) is 1. The van der Waals surface area contributed by atoms with Gasteiger partial charge in [0, 0.05) is 18.7 Å². The van der Waals surface area contributed by atoms with Gasteiger partial charge in [0.1, 0.15) is 6.61 Å². The average molecular weight is 659 g/mol. The summed E-state index contributed by atoms with van der Waals surface area (Å²) in [6.45, 7) is 2.47. The number of aliphatic imine (C=N–C) groups is 1.